The van der Waals surface area contributed by atoms with Crippen LogP contribution < -0.4 is 5.32 Å². The number of hydrogen-bond donors (Lipinski definition) is 1. The first-order valence-electron chi connectivity index (χ1n) is 7.49. The minimum absolute atomic E-state index is 0.227. The molecule has 1 N–H and O–H groups in total. The van der Waals surface area contributed by atoms with E-state index in [1.54, 1.807) is 23.9 Å². The molecular weight excluding hydrogens is 329 g/mol. The van der Waals surface area contributed by atoms with Crippen molar-refractivity contribution in [3.05, 3.63) is 59.4 Å². The van der Waals surface area contributed by atoms with Crippen LogP contribution in [0.3, 0.4) is 0 Å². The molecule has 1 aromatic carbocycles. The largest absolute Gasteiger partial charge is 0.384 e. The lowest BCUT2D eigenvalue weighted by molar-refractivity contribution is 0.201. The van der Waals surface area contributed by atoms with Crippen molar-refractivity contribution >= 4 is 16.7 Å². The molecule has 0 amide bonds. The lowest BCUT2D eigenvalue weighted by Crippen LogP contribution is -2.13. The highest BCUT2D eigenvalue weighted by Gasteiger charge is 2.19. The molecule has 0 bridgehead atoms. The smallest absolute Gasteiger partial charge is 0.203 e. The molecule has 3 aromatic rings. The van der Waals surface area contributed by atoms with Crippen molar-refractivity contribution in [2.45, 2.75) is 12.5 Å². The fourth-order valence-electron chi connectivity index (χ4n) is 2.30. The topological polar surface area (TPSA) is 64.9 Å². The Morgan fingerprint density at radius 1 is 1.29 bits per heavy atom. The van der Waals surface area contributed by atoms with Gasteiger partial charge in [-0.05, 0) is 23.8 Å². The number of rotatable bonds is 7. The van der Waals surface area contributed by atoms with Crippen LogP contribution in [0.25, 0.3) is 0 Å². The highest BCUT2D eigenvalue weighted by atomic mass is 32.1. The minimum Gasteiger partial charge on any atom is -0.384 e. The molecule has 1 unspecified atom stereocenters. The van der Waals surface area contributed by atoms with Crippen molar-refractivity contribution in [3.8, 4) is 0 Å². The van der Waals surface area contributed by atoms with Gasteiger partial charge in [-0.1, -0.05) is 12.1 Å². The average Bonchev–Trinajstić information content (AvgIpc) is 3.20. The van der Waals surface area contributed by atoms with E-state index < -0.39 is 0 Å². The van der Waals surface area contributed by atoms with Gasteiger partial charge in [0.05, 0.1) is 18.3 Å². The van der Waals surface area contributed by atoms with Crippen LogP contribution in [0.2, 0.25) is 0 Å². The van der Waals surface area contributed by atoms with Crippen molar-refractivity contribution in [1.29, 1.82) is 0 Å². The van der Waals surface area contributed by atoms with Crippen LogP contribution in [0.15, 0.2) is 36.5 Å². The second kappa shape index (κ2) is 7.50. The Bertz CT molecular complexity index is 786. The van der Waals surface area contributed by atoms with Gasteiger partial charge in [-0.3, -0.25) is 4.68 Å². The molecule has 8 heteroatoms. The Labute approximate surface area is 143 Å². The molecular formula is C16H18FN5OS. The fraction of sp³-hybridized carbons (Fsp3) is 0.312. The van der Waals surface area contributed by atoms with E-state index in [0.717, 1.165) is 17.1 Å². The zero-order valence-electron chi connectivity index (χ0n) is 13.4. The number of aryl methyl sites for hydroxylation is 1. The summed E-state index contributed by atoms with van der Waals surface area (Å²) in [5.41, 5.74) is 1.74. The average molecular weight is 347 g/mol. The summed E-state index contributed by atoms with van der Waals surface area (Å²) < 4.78 is 24.3. The van der Waals surface area contributed by atoms with Crippen molar-refractivity contribution < 1.29 is 9.13 Å². The second-order valence-corrected chi connectivity index (χ2v) is 6.05. The molecule has 0 radical (unpaired) electrons. The molecule has 0 saturated carbocycles. The molecule has 2 aromatic heterocycles. The summed E-state index contributed by atoms with van der Waals surface area (Å²) in [4.78, 5) is 4.47. The number of ether oxygens (including phenoxy) is 1. The van der Waals surface area contributed by atoms with E-state index in [2.05, 4.69) is 19.8 Å². The number of halogens is 1. The van der Waals surface area contributed by atoms with Crippen LogP contribution in [0, 0.1) is 5.82 Å². The third-order valence-electron chi connectivity index (χ3n) is 3.50. The number of anilines is 1. The first-order chi connectivity index (χ1) is 11.7. The van der Waals surface area contributed by atoms with Crippen molar-refractivity contribution in [2.24, 2.45) is 7.05 Å². The molecule has 126 valence electrons. The maximum absolute atomic E-state index is 13.2. The third kappa shape index (κ3) is 3.95. The molecule has 1 atom stereocenters. The fourth-order valence-corrected chi connectivity index (χ4v) is 2.94. The SMILES string of the molecule is COCCc1nsc(NC(c2ccc(F)cc2)c2ccn(C)n2)n1. The Balaban J connectivity index is 1.84. The molecule has 3 rings (SSSR count). The number of methoxy groups -OCH3 is 1. The molecule has 0 aliphatic heterocycles. The normalized spacial score (nSPS) is 12.3. The first-order valence-corrected chi connectivity index (χ1v) is 8.26. The summed E-state index contributed by atoms with van der Waals surface area (Å²) in [6.07, 6.45) is 2.54. The lowest BCUT2D eigenvalue weighted by atomic mass is 10.0. The van der Waals surface area contributed by atoms with Gasteiger partial charge in [0.25, 0.3) is 0 Å². The summed E-state index contributed by atoms with van der Waals surface area (Å²) in [5, 5.41) is 8.50. The standard InChI is InChI=1S/C16H18FN5OS/c1-22-9-7-13(20-22)15(11-3-5-12(17)6-4-11)19-16-18-14(21-24-16)8-10-23-2/h3-7,9,15H,8,10H2,1-2H3,(H,18,19,21). The van der Waals surface area contributed by atoms with E-state index in [9.17, 15) is 4.39 Å². The van der Waals surface area contributed by atoms with Crippen LogP contribution in [0.4, 0.5) is 9.52 Å². The van der Waals surface area contributed by atoms with Crippen LogP contribution >= 0.6 is 11.5 Å². The second-order valence-electron chi connectivity index (χ2n) is 5.30. The predicted octanol–water partition coefficient (Wildman–Crippen LogP) is 2.80. The molecule has 24 heavy (non-hydrogen) atoms. The van der Waals surface area contributed by atoms with E-state index in [1.807, 2.05) is 19.3 Å². The molecule has 0 spiro atoms. The number of nitrogens with zero attached hydrogens (tertiary/aromatic N) is 4. The number of benzene rings is 1. The van der Waals surface area contributed by atoms with Gasteiger partial charge in [-0.2, -0.15) is 9.47 Å². The summed E-state index contributed by atoms with van der Waals surface area (Å²) in [6, 6.07) is 8.07. The predicted molar refractivity (Wildman–Crippen MR) is 90.6 cm³/mol. The van der Waals surface area contributed by atoms with Crippen molar-refractivity contribution in [2.75, 3.05) is 19.0 Å². The van der Waals surface area contributed by atoms with Gasteiger partial charge in [-0.25, -0.2) is 9.37 Å². The quantitative estimate of drug-likeness (QED) is 0.712. The molecule has 0 saturated heterocycles. The van der Waals surface area contributed by atoms with Gasteiger partial charge >= 0.3 is 0 Å². The first kappa shape index (κ1) is 16.5. The lowest BCUT2D eigenvalue weighted by Gasteiger charge is -2.16. The number of aromatic nitrogens is 4. The van der Waals surface area contributed by atoms with Gasteiger partial charge < -0.3 is 10.1 Å². The number of nitrogens with one attached hydrogen (secondary N) is 1. The highest BCUT2D eigenvalue weighted by Crippen LogP contribution is 2.26. The summed E-state index contributed by atoms with van der Waals surface area (Å²) in [5.74, 6) is 0.472. The summed E-state index contributed by atoms with van der Waals surface area (Å²) >= 11 is 1.29. The van der Waals surface area contributed by atoms with Crippen molar-refractivity contribution in [1.82, 2.24) is 19.1 Å². The van der Waals surface area contributed by atoms with Gasteiger partial charge in [0.2, 0.25) is 5.13 Å². The monoisotopic (exact) mass is 347 g/mol. The van der Waals surface area contributed by atoms with Gasteiger partial charge in [0.15, 0.2) is 0 Å². The Kier molecular flexibility index (Phi) is 5.17. The van der Waals surface area contributed by atoms with Crippen LogP contribution in [-0.4, -0.2) is 32.9 Å². The maximum Gasteiger partial charge on any atom is 0.203 e. The zero-order chi connectivity index (χ0) is 16.9. The van der Waals surface area contributed by atoms with E-state index in [4.69, 9.17) is 4.74 Å². The maximum atomic E-state index is 13.2. The molecule has 0 aliphatic carbocycles. The molecule has 6 nitrogen and oxygen atoms in total. The van der Waals surface area contributed by atoms with Gasteiger partial charge in [0.1, 0.15) is 11.6 Å². The van der Waals surface area contributed by atoms with Crippen LogP contribution in [-0.2, 0) is 18.2 Å². The van der Waals surface area contributed by atoms with E-state index in [0.29, 0.717) is 18.2 Å². The van der Waals surface area contributed by atoms with Crippen molar-refractivity contribution in [3.63, 3.8) is 0 Å². The van der Waals surface area contributed by atoms with E-state index >= 15 is 0 Å². The van der Waals surface area contributed by atoms with E-state index in [-0.39, 0.29) is 11.9 Å². The summed E-state index contributed by atoms with van der Waals surface area (Å²) in [6.45, 7) is 0.581. The Morgan fingerprint density at radius 2 is 2.08 bits per heavy atom. The van der Waals surface area contributed by atoms with Crippen LogP contribution in [0.5, 0.6) is 0 Å². The highest BCUT2D eigenvalue weighted by molar-refractivity contribution is 7.09. The van der Waals surface area contributed by atoms with Crippen LogP contribution in [0.1, 0.15) is 23.1 Å². The Morgan fingerprint density at radius 3 is 2.75 bits per heavy atom. The molecule has 0 fully saturated rings. The third-order valence-corrected chi connectivity index (χ3v) is 4.18. The summed E-state index contributed by atoms with van der Waals surface area (Å²) in [7, 11) is 3.51. The Hall–Kier alpha value is -2.32. The van der Waals surface area contributed by atoms with Gasteiger partial charge in [0, 0.05) is 38.3 Å². The van der Waals surface area contributed by atoms with Gasteiger partial charge in [-0.15, -0.1) is 0 Å². The number of hydrogen-bond acceptors (Lipinski definition) is 6. The molecule has 2 heterocycles. The minimum atomic E-state index is -0.267. The van der Waals surface area contributed by atoms with E-state index in [1.165, 1.54) is 23.7 Å². The molecule has 0 aliphatic rings. The zero-order valence-corrected chi connectivity index (χ0v) is 14.3.